The van der Waals surface area contributed by atoms with Crippen molar-refractivity contribution in [3.8, 4) is 22.9 Å². The molecule has 2 N–H and O–H groups in total. The topological polar surface area (TPSA) is 73.7 Å². The third-order valence-electron chi connectivity index (χ3n) is 7.22. The minimum absolute atomic E-state index is 0.276. The van der Waals surface area contributed by atoms with E-state index in [1.165, 1.54) is 11.1 Å². The zero-order valence-corrected chi connectivity index (χ0v) is 19.1. The molecule has 1 fully saturated rings. The molecule has 1 aliphatic heterocycles. The van der Waals surface area contributed by atoms with Crippen molar-refractivity contribution in [1.82, 2.24) is 15.3 Å². The minimum atomic E-state index is -0.276. The highest BCUT2D eigenvalue weighted by Crippen LogP contribution is 2.45. The number of pyridine rings is 1. The Balaban J connectivity index is 1.69. The predicted octanol–water partition coefficient (Wildman–Crippen LogP) is 5.42. The van der Waals surface area contributed by atoms with Crippen molar-refractivity contribution in [2.75, 3.05) is 20.2 Å². The molecule has 0 aliphatic carbocycles. The second-order valence-electron chi connectivity index (χ2n) is 9.01. The third-order valence-corrected chi connectivity index (χ3v) is 7.22. The normalized spacial score (nSPS) is 17.9. The van der Waals surface area contributed by atoms with E-state index in [0.717, 1.165) is 53.7 Å². The number of piperidine rings is 1. The van der Waals surface area contributed by atoms with Crippen LogP contribution in [0.4, 0.5) is 0 Å². The highest BCUT2D eigenvalue weighted by Gasteiger charge is 2.40. The fraction of sp³-hybridized carbons (Fsp3) is 0.286. The number of hydrogen-bond acceptors (Lipinski definition) is 4. The molecule has 0 radical (unpaired) electrons. The van der Waals surface area contributed by atoms with Crippen LogP contribution in [0.15, 0.2) is 67.1 Å². The SMILES string of the molecule is COc1cccc(-c2cncc(C(C)(c3c[nH]c4ccc(C#N)cc34)C3CCCNC3)c2)c1. The average molecular weight is 437 g/mol. The highest BCUT2D eigenvalue weighted by molar-refractivity contribution is 5.86. The van der Waals surface area contributed by atoms with Gasteiger partial charge in [0.15, 0.2) is 0 Å². The summed E-state index contributed by atoms with van der Waals surface area (Å²) < 4.78 is 5.44. The number of nitrogens with one attached hydrogen (secondary N) is 2. The van der Waals surface area contributed by atoms with E-state index in [4.69, 9.17) is 4.74 Å². The number of hydrogen-bond donors (Lipinski definition) is 2. The Hall–Kier alpha value is -3.62. The first-order valence-electron chi connectivity index (χ1n) is 11.5. The summed E-state index contributed by atoms with van der Waals surface area (Å²) in [6.45, 7) is 4.34. The van der Waals surface area contributed by atoms with Gasteiger partial charge in [0.2, 0.25) is 0 Å². The minimum Gasteiger partial charge on any atom is -0.497 e. The number of H-pyrrole nitrogens is 1. The molecule has 4 aromatic rings. The molecule has 0 spiro atoms. The molecule has 5 heteroatoms. The maximum Gasteiger partial charge on any atom is 0.119 e. The standard InChI is InChI=1S/C28H28N4O/c1-28(22-6-4-10-30-16-22,26-18-32-27-9-8-19(14-29)11-25(26)27)23-12-21(15-31-17-23)20-5-3-7-24(13-20)33-2/h3,5,7-9,11-13,15,17-18,22,30,32H,4,6,10,16H2,1-2H3. The Labute approximate surface area is 194 Å². The number of methoxy groups -OCH3 is 1. The molecule has 166 valence electrons. The van der Waals surface area contributed by atoms with Crippen molar-refractivity contribution < 1.29 is 4.74 Å². The Morgan fingerprint density at radius 2 is 2.03 bits per heavy atom. The van der Waals surface area contributed by atoms with Crippen LogP contribution in [0.2, 0.25) is 0 Å². The number of ether oxygens (including phenoxy) is 1. The number of nitrogens with zero attached hydrogens (tertiary/aromatic N) is 2. The molecule has 2 unspecified atom stereocenters. The summed E-state index contributed by atoms with van der Waals surface area (Å²) in [4.78, 5) is 8.13. The summed E-state index contributed by atoms with van der Waals surface area (Å²) in [7, 11) is 1.69. The molecule has 5 nitrogen and oxygen atoms in total. The lowest BCUT2D eigenvalue weighted by atomic mass is 9.65. The van der Waals surface area contributed by atoms with Crippen molar-refractivity contribution in [1.29, 1.82) is 5.26 Å². The number of benzene rings is 2. The molecule has 0 bridgehead atoms. The van der Waals surface area contributed by atoms with Crippen LogP contribution in [0.3, 0.4) is 0 Å². The number of nitriles is 1. The van der Waals surface area contributed by atoms with Crippen molar-refractivity contribution >= 4 is 10.9 Å². The van der Waals surface area contributed by atoms with Gasteiger partial charge in [0.25, 0.3) is 0 Å². The van der Waals surface area contributed by atoms with Crippen LogP contribution in [0, 0.1) is 17.2 Å². The van der Waals surface area contributed by atoms with E-state index in [0.29, 0.717) is 11.5 Å². The predicted molar refractivity (Wildman–Crippen MR) is 131 cm³/mol. The maximum absolute atomic E-state index is 9.51. The Morgan fingerprint density at radius 3 is 2.82 bits per heavy atom. The van der Waals surface area contributed by atoms with E-state index in [9.17, 15) is 5.26 Å². The van der Waals surface area contributed by atoms with Gasteiger partial charge in [0.05, 0.1) is 18.7 Å². The lowest BCUT2D eigenvalue weighted by molar-refractivity contribution is 0.271. The van der Waals surface area contributed by atoms with Crippen molar-refractivity contribution in [2.24, 2.45) is 5.92 Å². The van der Waals surface area contributed by atoms with E-state index in [-0.39, 0.29) is 5.41 Å². The van der Waals surface area contributed by atoms with Crippen LogP contribution in [-0.2, 0) is 5.41 Å². The first kappa shape index (κ1) is 21.2. The van der Waals surface area contributed by atoms with E-state index < -0.39 is 0 Å². The van der Waals surface area contributed by atoms with Gasteiger partial charge in [-0.1, -0.05) is 19.1 Å². The van der Waals surface area contributed by atoms with Gasteiger partial charge < -0.3 is 15.0 Å². The van der Waals surface area contributed by atoms with E-state index in [2.05, 4.69) is 46.6 Å². The van der Waals surface area contributed by atoms with Crippen LogP contribution < -0.4 is 10.1 Å². The summed E-state index contributed by atoms with van der Waals surface area (Å²) in [5, 5.41) is 14.2. The fourth-order valence-corrected chi connectivity index (χ4v) is 5.26. The molecule has 1 saturated heterocycles. The van der Waals surface area contributed by atoms with Gasteiger partial charge >= 0.3 is 0 Å². The van der Waals surface area contributed by atoms with Gasteiger partial charge in [0.1, 0.15) is 5.75 Å². The number of rotatable bonds is 5. The zero-order valence-electron chi connectivity index (χ0n) is 19.1. The zero-order chi connectivity index (χ0) is 22.8. The molecule has 3 heterocycles. The summed E-state index contributed by atoms with van der Waals surface area (Å²) in [5.74, 6) is 1.23. The van der Waals surface area contributed by atoms with Gasteiger partial charge in [-0.15, -0.1) is 0 Å². The lowest BCUT2D eigenvalue weighted by Crippen LogP contribution is -2.43. The van der Waals surface area contributed by atoms with Crippen LogP contribution in [0.25, 0.3) is 22.0 Å². The largest absolute Gasteiger partial charge is 0.497 e. The van der Waals surface area contributed by atoms with Crippen molar-refractivity contribution in [3.05, 3.63) is 83.8 Å². The van der Waals surface area contributed by atoms with Gasteiger partial charge in [-0.25, -0.2) is 0 Å². The van der Waals surface area contributed by atoms with Crippen LogP contribution in [0.1, 0.15) is 36.5 Å². The van der Waals surface area contributed by atoms with Crippen LogP contribution in [0.5, 0.6) is 5.75 Å². The van der Waals surface area contributed by atoms with Crippen molar-refractivity contribution in [3.63, 3.8) is 0 Å². The molecular weight excluding hydrogens is 408 g/mol. The van der Waals surface area contributed by atoms with Crippen LogP contribution in [-0.4, -0.2) is 30.2 Å². The number of aromatic amines is 1. The second kappa shape index (κ2) is 8.73. The number of aromatic nitrogens is 2. The molecule has 33 heavy (non-hydrogen) atoms. The first-order valence-corrected chi connectivity index (χ1v) is 11.5. The molecule has 2 aromatic heterocycles. The first-order chi connectivity index (χ1) is 16.1. The van der Waals surface area contributed by atoms with E-state index in [1.54, 1.807) is 7.11 Å². The molecule has 5 rings (SSSR count). The van der Waals surface area contributed by atoms with Crippen molar-refractivity contribution in [2.45, 2.75) is 25.2 Å². The van der Waals surface area contributed by atoms with Gasteiger partial charge in [0, 0.05) is 40.5 Å². The van der Waals surface area contributed by atoms with E-state index in [1.807, 2.05) is 48.8 Å². The Bertz CT molecular complexity index is 1330. The Morgan fingerprint density at radius 1 is 1.12 bits per heavy atom. The smallest absolute Gasteiger partial charge is 0.119 e. The fourth-order valence-electron chi connectivity index (χ4n) is 5.26. The highest BCUT2D eigenvalue weighted by atomic mass is 16.5. The monoisotopic (exact) mass is 436 g/mol. The molecule has 0 saturated carbocycles. The maximum atomic E-state index is 9.51. The summed E-state index contributed by atoms with van der Waals surface area (Å²) in [6, 6.07) is 18.5. The number of fused-ring (bicyclic) bond motifs is 1. The van der Waals surface area contributed by atoms with E-state index >= 15 is 0 Å². The molecule has 0 amide bonds. The molecular formula is C28H28N4O. The molecule has 2 atom stereocenters. The van der Waals surface area contributed by atoms with Gasteiger partial charge in [-0.05, 0) is 84.9 Å². The summed E-state index contributed by atoms with van der Waals surface area (Å²) >= 11 is 0. The van der Waals surface area contributed by atoms with Gasteiger partial charge in [-0.3, -0.25) is 4.98 Å². The summed E-state index contributed by atoms with van der Waals surface area (Å²) in [5.41, 5.74) is 6.00. The molecule has 2 aromatic carbocycles. The lowest BCUT2D eigenvalue weighted by Gasteiger charge is -2.41. The third kappa shape index (κ3) is 3.77. The van der Waals surface area contributed by atoms with Crippen LogP contribution >= 0.6 is 0 Å². The quantitative estimate of drug-likeness (QED) is 0.438. The Kier molecular flexibility index (Phi) is 5.62. The molecule has 1 aliphatic rings. The second-order valence-corrected chi connectivity index (χ2v) is 9.01. The summed E-state index contributed by atoms with van der Waals surface area (Å²) in [6.07, 6.45) is 8.33. The average Bonchev–Trinajstić information content (AvgIpc) is 3.32. The van der Waals surface area contributed by atoms with Gasteiger partial charge in [-0.2, -0.15) is 5.26 Å².